The fraction of sp³-hybridized carbons (Fsp3) is 0.900. The third-order valence-corrected chi connectivity index (χ3v) is 2.74. The Balaban J connectivity index is 2.10. The van der Waals surface area contributed by atoms with E-state index in [1.54, 1.807) is 0 Å². The molecular formula is C10H21N3O3. The number of rotatable bonds is 6. The van der Waals surface area contributed by atoms with Crippen LogP contribution < -0.4 is 11.4 Å². The largest absolute Gasteiger partial charge is 0.378 e. The lowest BCUT2D eigenvalue weighted by Crippen LogP contribution is -2.38. The molecule has 1 fully saturated rings. The molecule has 1 saturated heterocycles. The molecule has 0 aromatic rings. The van der Waals surface area contributed by atoms with E-state index < -0.39 is 0 Å². The number of nitrogens with zero attached hydrogens (tertiary/aromatic N) is 1. The van der Waals surface area contributed by atoms with Crippen molar-refractivity contribution in [1.82, 2.24) is 10.5 Å². The zero-order valence-corrected chi connectivity index (χ0v) is 9.78. The number of ether oxygens (including phenoxy) is 1. The topological polar surface area (TPSA) is 76.8 Å². The number of piperidine rings is 1. The van der Waals surface area contributed by atoms with Crippen LogP contribution in [0.4, 0.5) is 0 Å². The summed E-state index contributed by atoms with van der Waals surface area (Å²) in [6, 6.07) is 0. The number of carbonyl (C=O) groups is 1. The zero-order valence-electron chi connectivity index (χ0n) is 9.78. The molecular weight excluding hydrogens is 210 g/mol. The highest BCUT2D eigenvalue weighted by atomic mass is 16.7. The molecule has 0 bridgehead atoms. The summed E-state index contributed by atoms with van der Waals surface area (Å²) in [5.74, 6) is 4.54. The normalized spacial score (nSPS) is 18.6. The van der Waals surface area contributed by atoms with E-state index in [9.17, 15) is 4.79 Å². The molecule has 0 radical (unpaired) electrons. The molecule has 3 N–H and O–H groups in total. The maximum atomic E-state index is 11.0. The number of nitrogens with one attached hydrogen (secondary N) is 1. The fourth-order valence-electron chi connectivity index (χ4n) is 1.90. The second-order valence-electron chi connectivity index (χ2n) is 3.84. The molecule has 0 unspecified atom stereocenters. The minimum Gasteiger partial charge on any atom is -0.378 e. The number of hydrogen-bond acceptors (Lipinski definition) is 6. The minimum atomic E-state index is -0.325. The van der Waals surface area contributed by atoms with E-state index in [2.05, 4.69) is 9.74 Å². The van der Waals surface area contributed by atoms with Gasteiger partial charge in [-0.2, -0.15) is 0 Å². The monoisotopic (exact) mass is 231 g/mol. The lowest BCUT2D eigenvalue weighted by Gasteiger charge is -2.31. The van der Waals surface area contributed by atoms with Crippen molar-refractivity contribution >= 4 is 5.97 Å². The average Bonchev–Trinajstić information content (AvgIpc) is 2.29. The first-order valence-corrected chi connectivity index (χ1v) is 5.75. The molecule has 1 heterocycles. The van der Waals surface area contributed by atoms with Crippen LogP contribution in [-0.2, 0) is 14.4 Å². The molecule has 6 nitrogen and oxygen atoms in total. The average molecular weight is 231 g/mol. The van der Waals surface area contributed by atoms with Gasteiger partial charge in [-0.3, -0.25) is 4.79 Å². The summed E-state index contributed by atoms with van der Waals surface area (Å²) < 4.78 is 5.55. The van der Waals surface area contributed by atoms with E-state index in [4.69, 9.17) is 10.6 Å². The smallest absolute Gasteiger partial charge is 0.327 e. The summed E-state index contributed by atoms with van der Waals surface area (Å²) >= 11 is 0. The highest BCUT2D eigenvalue weighted by Gasteiger charge is 2.19. The Labute approximate surface area is 96.0 Å². The molecule has 0 atom stereocenters. The highest BCUT2D eigenvalue weighted by molar-refractivity contribution is 5.69. The van der Waals surface area contributed by atoms with Crippen molar-refractivity contribution in [1.29, 1.82) is 0 Å². The molecule has 0 saturated carbocycles. The van der Waals surface area contributed by atoms with E-state index >= 15 is 0 Å². The summed E-state index contributed by atoms with van der Waals surface area (Å²) in [5, 5.41) is 0. The number of carbonyl (C=O) groups excluding carboxylic acids is 1. The van der Waals surface area contributed by atoms with Gasteiger partial charge in [-0.15, -0.1) is 0 Å². The second kappa shape index (κ2) is 7.56. The zero-order chi connectivity index (χ0) is 11.8. The van der Waals surface area contributed by atoms with Crippen LogP contribution in [0.1, 0.15) is 26.2 Å². The van der Waals surface area contributed by atoms with Crippen LogP contribution in [0.5, 0.6) is 0 Å². The molecule has 6 heteroatoms. The standard InChI is InChI=1S/C10H21N3O3/c1-2-15-9-3-6-13(7-4-9)8-5-10(14)16-12-11/h9,12H,2-8,11H2,1H3. The first kappa shape index (κ1) is 13.4. The molecule has 1 aliphatic heterocycles. The van der Waals surface area contributed by atoms with Crippen molar-refractivity contribution in [3.05, 3.63) is 0 Å². The van der Waals surface area contributed by atoms with Crippen molar-refractivity contribution < 1.29 is 14.4 Å². The van der Waals surface area contributed by atoms with Crippen LogP contribution in [0.15, 0.2) is 0 Å². The van der Waals surface area contributed by atoms with Gasteiger partial charge in [0, 0.05) is 26.2 Å². The van der Waals surface area contributed by atoms with Crippen molar-refractivity contribution in [2.24, 2.45) is 5.84 Å². The van der Waals surface area contributed by atoms with Gasteiger partial charge in [-0.25, -0.2) is 5.84 Å². The molecule has 94 valence electrons. The Morgan fingerprint density at radius 3 is 2.75 bits per heavy atom. The van der Waals surface area contributed by atoms with E-state index in [-0.39, 0.29) is 5.97 Å². The first-order valence-electron chi connectivity index (χ1n) is 5.75. The van der Waals surface area contributed by atoms with Crippen molar-refractivity contribution in [2.75, 3.05) is 26.2 Å². The molecule has 0 aromatic carbocycles. The van der Waals surface area contributed by atoms with Crippen LogP contribution in [0.2, 0.25) is 0 Å². The third kappa shape index (κ3) is 4.89. The molecule has 1 rings (SSSR count). The summed E-state index contributed by atoms with van der Waals surface area (Å²) in [7, 11) is 0. The van der Waals surface area contributed by atoms with Gasteiger partial charge < -0.3 is 14.5 Å². The van der Waals surface area contributed by atoms with Crippen molar-refractivity contribution in [3.8, 4) is 0 Å². The van der Waals surface area contributed by atoms with Crippen molar-refractivity contribution in [3.63, 3.8) is 0 Å². The van der Waals surface area contributed by atoms with Gasteiger partial charge in [0.05, 0.1) is 12.5 Å². The maximum Gasteiger partial charge on any atom is 0.327 e. The Morgan fingerprint density at radius 1 is 1.50 bits per heavy atom. The number of likely N-dealkylation sites (tertiary alicyclic amines) is 1. The summed E-state index contributed by atoms with van der Waals surface area (Å²) in [6.45, 7) is 5.47. The van der Waals surface area contributed by atoms with Crippen LogP contribution in [0.25, 0.3) is 0 Å². The number of nitrogens with two attached hydrogens (primary N) is 1. The third-order valence-electron chi connectivity index (χ3n) is 2.74. The summed E-state index contributed by atoms with van der Waals surface area (Å²) in [4.78, 5) is 17.7. The SMILES string of the molecule is CCOC1CCN(CCC(=O)ONN)CC1. The molecule has 0 aliphatic carbocycles. The van der Waals surface area contributed by atoms with Crippen LogP contribution in [0.3, 0.4) is 0 Å². The second-order valence-corrected chi connectivity index (χ2v) is 3.84. The van der Waals surface area contributed by atoms with E-state index in [0.29, 0.717) is 12.5 Å². The Bertz CT molecular complexity index is 205. The number of hydrogen-bond donors (Lipinski definition) is 2. The van der Waals surface area contributed by atoms with Gasteiger partial charge in [0.2, 0.25) is 0 Å². The van der Waals surface area contributed by atoms with Gasteiger partial charge in [0.1, 0.15) is 0 Å². The molecule has 0 spiro atoms. The Hall–Kier alpha value is -0.690. The van der Waals surface area contributed by atoms with Gasteiger partial charge in [-0.1, -0.05) is 5.59 Å². The minimum absolute atomic E-state index is 0.325. The maximum absolute atomic E-state index is 11.0. The van der Waals surface area contributed by atoms with Crippen LogP contribution >= 0.6 is 0 Å². The van der Waals surface area contributed by atoms with Crippen LogP contribution in [-0.4, -0.2) is 43.2 Å². The van der Waals surface area contributed by atoms with Gasteiger partial charge in [0.15, 0.2) is 0 Å². The van der Waals surface area contributed by atoms with Crippen LogP contribution in [0, 0.1) is 0 Å². The molecule has 0 amide bonds. The first-order chi connectivity index (χ1) is 7.76. The summed E-state index contributed by atoms with van der Waals surface area (Å²) in [6.07, 6.45) is 2.83. The van der Waals surface area contributed by atoms with E-state index in [0.717, 1.165) is 39.1 Å². The lowest BCUT2D eigenvalue weighted by molar-refractivity contribution is -0.151. The molecule has 16 heavy (non-hydrogen) atoms. The molecule has 1 aliphatic rings. The number of hydrazine groups is 1. The van der Waals surface area contributed by atoms with Gasteiger partial charge in [-0.05, 0) is 19.8 Å². The fourth-order valence-corrected chi connectivity index (χ4v) is 1.90. The summed E-state index contributed by atoms with van der Waals surface area (Å²) in [5.41, 5.74) is 1.89. The molecule has 0 aromatic heterocycles. The van der Waals surface area contributed by atoms with Crippen molar-refractivity contribution in [2.45, 2.75) is 32.3 Å². The Morgan fingerprint density at radius 2 is 2.19 bits per heavy atom. The van der Waals surface area contributed by atoms with Gasteiger partial charge >= 0.3 is 5.97 Å². The quantitative estimate of drug-likeness (QED) is 0.487. The Kier molecular flexibility index (Phi) is 6.32. The van der Waals surface area contributed by atoms with Gasteiger partial charge in [0.25, 0.3) is 0 Å². The lowest BCUT2D eigenvalue weighted by atomic mass is 10.1. The van der Waals surface area contributed by atoms with E-state index in [1.165, 1.54) is 0 Å². The van der Waals surface area contributed by atoms with E-state index in [1.807, 2.05) is 12.5 Å². The highest BCUT2D eigenvalue weighted by Crippen LogP contribution is 2.13. The predicted molar refractivity (Wildman–Crippen MR) is 59.1 cm³/mol. The predicted octanol–water partition coefficient (Wildman–Crippen LogP) is -0.201.